The van der Waals surface area contributed by atoms with Gasteiger partial charge in [-0.2, -0.15) is 0 Å². The topological polar surface area (TPSA) is 55.4 Å². The molecule has 1 aromatic rings. The van der Waals surface area contributed by atoms with Gasteiger partial charge in [-0.3, -0.25) is 9.59 Å². The minimum atomic E-state index is -0.597. The van der Waals surface area contributed by atoms with Crippen molar-refractivity contribution >= 4 is 11.7 Å². The summed E-state index contributed by atoms with van der Waals surface area (Å²) < 4.78 is 6.25. The van der Waals surface area contributed by atoms with Gasteiger partial charge in [0, 0.05) is 18.3 Å². The van der Waals surface area contributed by atoms with E-state index in [0.717, 1.165) is 37.0 Å². The monoisotopic (exact) mass is 285 g/mol. The molecule has 2 fully saturated rings. The van der Waals surface area contributed by atoms with E-state index in [0.29, 0.717) is 0 Å². The predicted molar refractivity (Wildman–Crippen MR) is 76.8 cm³/mol. The molecule has 4 atom stereocenters. The van der Waals surface area contributed by atoms with E-state index < -0.39 is 11.6 Å². The summed E-state index contributed by atoms with van der Waals surface area (Å²) in [6, 6.07) is 7.86. The van der Waals surface area contributed by atoms with Crippen molar-refractivity contribution in [2.75, 3.05) is 0 Å². The van der Waals surface area contributed by atoms with Crippen LogP contribution in [0.1, 0.15) is 44.1 Å². The number of para-hydroxylation sites is 1. The number of fused-ring (bicyclic) bond motifs is 2. The van der Waals surface area contributed by atoms with Crippen LogP contribution in [-0.2, 0) is 9.59 Å². The number of carbonyl (C=O) groups is 2. The maximum atomic E-state index is 12.5. The van der Waals surface area contributed by atoms with Gasteiger partial charge in [0.1, 0.15) is 17.5 Å². The first-order chi connectivity index (χ1) is 10.1. The lowest BCUT2D eigenvalue weighted by molar-refractivity contribution is -0.160. The Kier molecular flexibility index (Phi) is 2.65. The smallest absolute Gasteiger partial charge is 0.234 e. The van der Waals surface area contributed by atoms with Gasteiger partial charge in [-0.25, -0.2) is 0 Å². The number of rotatable bonds is 1. The molecular weight excluding hydrogens is 266 g/mol. The van der Waals surface area contributed by atoms with E-state index in [1.54, 1.807) is 0 Å². The van der Waals surface area contributed by atoms with Crippen LogP contribution in [0.25, 0.3) is 0 Å². The van der Waals surface area contributed by atoms with Crippen LogP contribution >= 0.6 is 0 Å². The van der Waals surface area contributed by atoms with Gasteiger partial charge in [-0.15, -0.1) is 0 Å². The van der Waals surface area contributed by atoms with Crippen LogP contribution < -0.4 is 10.1 Å². The van der Waals surface area contributed by atoms with Crippen molar-refractivity contribution in [1.82, 2.24) is 5.32 Å². The van der Waals surface area contributed by atoms with Gasteiger partial charge in [-0.05, 0) is 31.4 Å². The third-order valence-electron chi connectivity index (χ3n) is 5.33. The molecule has 0 spiro atoms. The van der Waals surface area contributed by atoms with E-state index in [4.69, 9.17) is 4.74 Å². The molecule has 0 unspecified atom stereocenters. The Hall–Kier alpha value is -1.84. The third-order valence-corrected chi connectivity index (χ3v) is 5.33. The standard InChI is InChI=1S/C17H19NO3/c1-10(19)14-15-11-6-2-3-8-13(11)21-17(18-16(14)20)9-5-4-7-12(15)17/h2-3,6,8,12,14-15H,4-5,7,9H2,1H3,(H,18,20)/t12-,14-,15+,17+/m0/s1. The van der Waals surface area contributed by atoms with Crippen molar-refractivity contribution in [3.05, 3.63) is 29.8 Å². The summed E-state index contributed by atoms with van der Waals surface area (Å²) in [7, 11) is 0. The van der Waals surface area contributed by atoms with Crippen molar-refractivity contribution < 1.29 is 14.3 Å². The van der Waals surface area contributed by atoms with Gasteiger partial charge in [0.25, 0.3) is 0 Å². The Labute approximate surface area is 123 Å². The fraction of sp³-hybridized carbons (Fsp3) is 0.529. The van der Waals surface area contributed by atoms with Crippen LogP contribution in [0.2, 0.25) is 0 Å². The lowest BCUT2D eigenvalue weighted by Gasteiger charge is -2.56. The Morgan fingerprint density at radius 2 is 2.14 bits per heavy atom. The molecule has 1 amide bonds. The number of carbonyl (C=O) groups excluding carboxylic acids is 2. The molecule has 2 aliphatic heterocycles. The SMILES string of the molecule is CC(=O)[C@@H]1C(=O)N[C@@]23CCCC[C@H]2[C@H]1c1ccccc1O3. The predicted octanol–water partition coefficient (Wildman–Crippen LogP) is 2.38. The molecule has 1 N–H and O–H groups in total. The van der Waals surface area contributed by atoms with Crippen molar-refractivity contribution in [1.29, 1.82) is 0 Å². The summed E-state index contributed by atoms with van der Waals surface area (Å²) in [4.78, 5) is 24.6. The number of hydrogen-bond donors (Lipinski definition) is 1. The molecule has 110 valence electrons. The average molecular weight is 285 g/mol. The number of ether oxygens (including phenoxy) is 1. The summed E-state index contributed by atoms with van der Waals surface area (Å²) in [5, 5.41) is 3.05. The third kappa shape index (κ3) is 1.68. The maximum absolute atomic E-state index is 12.5. The Morgan fingerprint density at radius 1 is 1.33 bits per heavy atom. The summed E-state index contributed by atoms with van der Waals surface area (Å²) >= 11 is 0. The molecule has 4 nitrogen and oxygen atoms in total. The van der Waals surface area contributed by atoms with Gasteiger partial charge in [0.15, 0.2) is 5.72 Å². The van der Waals surface area contributed by atoms with E-state index in [1.807, 2.05) is 24.3 Å². The van der Waals surface area contributed by atoms with Gasteiger partial charge in [0.2, 0.25) is 5.91 Å². The van der Waals surface area contributed by atoms with Crippen molar-refractivity contribution in [2.45, 2.75) is 44.2 Å². The molecule has 2 heterocycles. The molecule has 2 bridgehead atoms. The zero-order chi connectivity index (χ0) is 14.6. The van der Waals surface area contributed by atoms with E-state index >= 15 is 0 Å². The molecule has 4 rings (SSSR count). The fourth-order valence-electron chi connectivity index (χ4n) is 4.51. The second-order valence-corrected chi connectivity index (χ2v) is 6.49. The van der Waals surface area contributed by atoms with Crippen LogP contribution in [0.4, 0.5) is 0 Å². The van der Waals surface area contributed by atoms with E-state index in [-0.39, 0.29) is 23.5 Å². The largest absolute Gasteiger partial charge is 0.467 e. The molecule has 1 saturated heterocycles. The minimum Gasteiger partial charge on any atom is -0.467 e. The van der Waals surface area contributed by atoms with Gasteiger partial charge in [0.05, 0.1) is 0 Å². The summed E-state index contributed by atoms with van der Waals surface area (Å²) in [6.45, 7) is 1.53. The molecule has 0 radical (unpaired) electrons. The highest BCUT2D eigenvalue weighted by Gasteiger charge is 2.59. The zero-order valence-corrected chi connectivity index (χ0v) is 12.1. The molecule has 4 heteroatoms. The highest BCUT2D eigenvalue weighted by atomic mass is 16.5. The molecule has 0 aromatic heterocycles. The highest BCUT2D eigenvalue weighted by Crippen LogP contribution is 2.55. The first-order valence-corrected chi connectivity index (χ1v) is 7.73. The highest BCUT2D eigenvalue weighted by molar-refractivity contribution is 6.02. The minimum absolute atomic E-state index is 0.0403. The van der Waals surface area contributed by atoms with Gasteiger partial charge >= 0.3 is 0 Å². The Bertz CT molecular complexity index is 626. The van der Waals surface area contributed by atoms with Gasteiger partial charge < -0.3 is 10.1 Å². The van der Waals surface area contributed by atoms with E-state index in [9.17, 15) is 9.59 Å². The molecule has 3 aliphatic rings. The van der Waals surface area contributed by atoms with Crippen molar-refractivity contribution in [3.8, 4) is 5.75 Å². The number of amides is 1. The molecular formula is C17H19NO3. The van der Waals surface area contributed by atoms with Crippen LogP contribution in [0.3, 0.4) is 0 Å². The normalized spacial score (nSPS) is 36.8. The van der Waals surface area contributed by atoms with Crippen molar-refractivity contribution in [3.63, 3.8) is 0 Å². The summed E-state index contributed by atoms with van der Waals surface area (Å²) in [6.07, 6.45) is 4.02. The zero-order valence-electron chi connectivity index (χ0n) is 12.1. The van der Waals surface area contributed by atoms with Crippen LogP contribution in [-0.4, -0.2) is 17.4 Å². The van der Waals surface area contributed by atoms with Crippen LogP contribution in [0.5, 0.6) is 5.75 Å². The average Bonchev–Trinajstić information content (AvgIpc) is 2.45. The molecule has 1 aromatic carbocycles. The molecule has 21 heavy (non-hydrogen) atoms. The summed E-state index contributed by atoms with van der Waals surface area (Å²) in [5.74, 6) is 0.195. The Morgan fingerprint density at radius 3 is 2.95 bits per heavy atom. The fourth-order valence-corrected chi connectivity index (χ4v) is 4.51. The van der Waals surface area contributed by atoms with Crippen LogP contribution in [0.15, 0.2) is 24.3 Å². The van der Waals surface area contributed by atoms with E-state index in [2.05, 4.69) is 5.32 Å². The first-order valence-electron chi connectivity index (χ1n) is 7.73. The van der Waals surface area contributed by atoms with E-state index in [1.165, 1.54) is 6.92 Å². The van der Waals surface area contributed by atoms with Gasteiger partial charge in [-0.1, -0.05) is 24.6 Å². The lowest BCUT2D eigenvalue weighted by Crippen LogP contribution is -2.69. The number of hydrogen-bond acceptors (Lipinski definition) is 3. The Balaban J connectivity index is 1.92. The second-order valence-electron chi connectivity index (χ2n) is 6.49. The number of Topliss-reactive ketones (excluding diaryl/α,β-unsaturated/α-hetero) is 1. The number of ketones is 1. The first kappa shape index (κ1) is 12.9. The number of piperidine rings is 1. The number of nitrogens with one attached hydrogen (secondary N) is 1. The molecule has 1 saturated carbocycles. The number of benzene rings is 1. The molecule has 1 aliphatic carbocycles. The van der Waals surface area contributed by atoms with Crippen LogP contribution in [0, 0.1) is 11.8 Å². The maximum Gasteiger partial charge on any atom is 0.234 e. The summed E-state index contributed by atoms with van der Waals surface area (Å²) in [5.41, 5.74) is 0.426. The quantitative estimate of drug-likeness (QED) is 0.806. The second kappa shape index (κ2) is 4.33. The van der Waals surface area contributed by atoms with Crippen molar-refractivity contribution in [2.24, 2.45) is 11.8 Å². The lowest BCUT2D eigenvalue weighted by atomic mass is 9.61.